The average Bonchev–Trinajstić information content (AvgIpc) is 2.95. The van der Waals surface area contributed by atoms with Crippen molar-refractivity contribution in [3.63, 3.8) is 0 Å². The van der Waals surface area contributed by atoms with Gasteiger partial charge in [-0.2, -0.15) is 0 Å². The van der Waals surface area contributed by atoms with Crippen molar-refractivity contribution in [3.05, 3.63) is 156 Å². The molecule has 5 aromatic carbocycles. The van der Waals surface area contributed by atoms with Crippen LogP contribution >= 0.6 is 7.92 Å². The Kier molecular flexibility index (Phi) is 7.00. The lowest BCUT2D eigenvalue weighted by Gasteiger charge is -2.34. The van der Waals surface area contributed by atoms with Crippen LogP contribution < -0.4 is 20.8 Å². The lowest BCUT2D eigenvalue weighted by atomic mass is 9.80. The Morgan fingerprint density at radius 1 is 0.528 bits per heavy atom. The van der Waals surface area contributed by atoms with E-state index in [4.69, 9.17) is 0 Å². The van der Waals surface area contributed by atoms with Crippen molar-refractivity contribution in [1.82, 2.24) is 0 Å². The topological polar surface area (TPSA) is 23.5 Å². The molecule has 0 bridgehead atoms. The van der Waals surface area contributed by atoms with Gasteiger partial charge in [0.2, 0.25) is 0 Å². The first kappa shape index (κ1) is 24.0. The van der Waals surface area contributed by atoms with Gasteiger partial charge < -0.3 is 10.0 Å². The average molecular weight is 488 g/mol. The molecule has 178 valence electrons. The van der Waals surface area contributed by atoms with Crippen molar-refractivity contribution < 1.29 is 5.11 Å². The third-order valence-corrected chi connectivity index (χ3v) is 9.06. The van der Waals surface area contributed by atoms with E-state index in [2.05, 4.69) is 95.9 Å². The molecule has 1 N–H and O–H groups in total. The minimum atomic E-state index is -1.31. The largest absolute Gasteiger partial charge is 0.378 e. The van der Waals surface area contributed by atoms with E-state index in [1.807, 2.05) is 62.6 Å². The molecule has 0 amide bonds. The van der Waals surface area contributed by atoms with Crippen molar-refractivity contribution >= 4 is 29.5 Å². The van der Waals surface area contributed by atoms with Gasteiger partial charge in [-0.3, -0.25) is 0 Å². The summed E-state index contributed by atoms with van der Waals surface area (Å²) >= 11 is 0. The van der Waals surface area contributed by atoms with Crippen molar-refractivity contribution in [2.24, 2.45) is 0 Å². The lowest BCUT2D eigenvalue weighted by Crippen LogP contribution is -2.36. The third kappa shape index (κ3) is 4.58. The van der Waals surface area contributed by atoms with Gasteiger partial charge in [-0.15, -0.1) is 0 Å². The number of benzene rings is 5. The highest BCUT2D eigenvalue weighted by atomic mass is 31.1. The molecule has 0 heterocycles. The Morgan fingerprint density at radius 3 is 1.50 bits per heavy atom. The summed E-state index contributed by atoms with van der Waals surface area (Å²) in [4.78, 5) is 2.07. The van der Waals surface area contributed by atoms with E-state index < -0.39 is 13.5 Å². The fraction of sp³-hybridized carbons (Fsp3) is 0.0909. The Morgan fingerprint density at radius 2 is 0.972 bits per heavy atom. The smallest absolute Gasteiger partial charge is 0.141 e. The zero-order valence-electron chi connectivity index (χ0n) is 20.6. The number of nitrogens with zero attached hydrogens (tertiary/aromatic N) is 1. The molecule has 1 atom stereocenters. The molecule has 0 radical (unpaired) electrons. The van der Waals surface area contributed by atoms with E-state index in [-0.39, 0.29) is 0 Å². The van der Waals surface area contributed by atoms with Gasteiger partial charge in [0.05, 0.1) is 0 Å². The van der Waals surface area contributed by atoms with E-state index in [1.54, 1.807) is 0 Å². The number of hydrogen-bond donors (Lipinski definition) is 1. The zero-order chi connectivity index (χ0) is 25.0. The molecule has 5 aromatic rings. The summed E-state index contributed by atoms with van der Waals surface area (Å²) in [5, 5.41) is 16.4. The van der Waals surface area contributed by atoms with E-state index in [1.165, 1.54) is 10.6 Å². The Labute approximate surface area is 215 Å². The molecule has 36 heavy (non-hydrogen) atoms. The summed E-state index contributed by atoms with van der Waals surface area (Å²) in [5.41, 5.74) is 2.40. The second kappa shape index (κ2) is 10.5. The molecule has 2 nitrogen and oxygen atoms in total. The summed E-state index contributed by atoms with van der Waals surface area (Å²) in [6.07, 6.45) is 0. The number of aliphatic hydroxyl groups is 1. The van der Waals surface area contributed by atoms with Crippen LogP contribution in [0.2, 0.25) is 0 Å². The van der Waals surface area contributed by atoms with Gasteiger partial charge in [-0.05, 0) is 47.1 Å². The van der Waals surface area contributed by atoms with Gasteiger partial charge in [0, 0.05) is 25.3 Å². The van der Waals surface area contributed by atoms with Crippen LogP contribution in [-0.4, -0.2) is 19.2 Å². The Balaban J connectivity index is 1.77. The third-order valence-electron chi connectivity index (χ3n) is 6.56. The van der Waals surface area contributed by atoms with Crippen molar-refractivity contribution in [3.8, 4) is 0 Å². The van der Waals surface area contributed by atoms with Crippen molar-refractivity contribution in [1.29, 1.82) is 0 Å². The predicted octanol–water partition coefficient (Wildman–Crippen LogP) is 5.80. The van der Waals surface area contributed by atoms with Gasteiger partial charge >= 0.3 is 0 Å². The molecule has 0 fully saturated rings. The highest BCUT2D eigenvalue weighted by Crippen LogP contribution is 2.42. The second-order valence-electron chi connectivity index (χ2n) is 9.04. The molecule has 5 rings (SSSR count). The number of anilines is 1. The number of hydrogen-bond acceptors (Lipinski definition) is 2. The normalized spacial score (nSPS) is 12.8. The Bertz CT molecular complexity index is 1360. The molecule has 0 aliphatic rings. The van der Waals surface area contributed by atoms with E-state index in [0.717, 1.165) is 27.7 Å². The standard InChI is InChI=1S/C33H30NOP/c1-34(2)28-24-22-27(23-25-28)33(35,26-14-6-3-7-15-26)31-20-12-13-21-32(31)36(29-16-8-4-9-17-29)30-18-10-5-11-19-30/h3-25,35H,1-2H3/t33-/m1/s1. The molecule has 3 heteroatoms. The summed E-state index contributed by atoms with van der Waals surface area (Å²) in [5.74, 6) is 0. The van der Waals surface area contributed by atoms with Gasteiger partial charge in [-0.1, -0.05) is 127 Å². The summed E-state index contributed by atoms with van der Waals surface area (Å²) in [7, 11) is 3.16. The minimum absolute atomic E-state index is 0.850. The maximum absolute atomic E-state index is 12.8. The van der Waals surface area contributed by atoms with Crippen LogP contribution in [0.5, 0.6) is 0 Å². The minimum Gasteiger partial charge on any atom is -0.378 e. The maximum Gasteiger partial charge on any atom is 0.141 e. The van der Waals surface area contributed by atoms with Crippen molar-refractivity contribution in [2.75, 3.05) is 19.0 Å². The van der Waals surface area contributed by atoms with Gasteiger partial charge in [0.25, 0.3) is 0 Å². The predicted molar refractivity (Wildman–Crippen MR) is 154 cm³/mol. The molecular weight excluding hydrogens is 457 g/mol. The van der Waals surface area contributed by atoms with Crippen molar-refractivity contribution in [2.45, 2.75) is 5.60 Å². The van der Waals surface area contributed by atoms with Crippen LogP contribution in [0.15, 0.2) is 140 Å². The maximum atomic E-state index is 12.8. The van der Waals surface area contributed by atoms with E-state index in [9.17, 15) is 5.11 Å². The lowest BCUT2D eigenvalue weighted by molar-refractivity contribution is 0.127. The van der Waals surface area contributed by atoms with Crippen LogP contribution in [0.25, 0.3) is 0 Å². The first-order valence-corrected chi connectivity index (χ1v) is 13.5. The molecule has 0 aliphatic carbocycles. The van der Waals surface area contributed by atoms with Crippen LogP contribution in [0, 0.1) is 0 Å². The first-order chi connectivity index (χ1) is 17.6. The quantitative estimate of drug-likeness (QED) is 0.232. The van der Waals surface area contributed by atoms with Gasteiger partial charge in [0.1, 0.15) is 5.60 Å². The molecule has 0 spiro atoms. The highest BCUT2D eigenvalue weighted by molar-refractivity contribution is 7.79. The van der Waals surface area contributed by atoms with Crippen LogP contribution in [0.1, 0.15) is 16.7 Å². The summed E-state index contributed by atoms with van der Waals surface area (Å²) < 4.78 is 0. The second-order valence-corrected chi connectivity index (χ2v) is 11.2. The fourth-order valence-corrected chi connectivity index (χ4v) is 7.22. The number of rotatable bonds is 7. The SMILES string of the molecule is CN(C)c1ccc([C@](O)(c2ccccc2)c2ccccc2P(c2ccccc2)c2ccccc2)cc1. The molecular formula is C33H30NOP. The van der Waals surface area contributed by atoms with Gasteiger partial charge in [-0.25, -0.2) is 0 Å². The molecule has 0 aliphatic heterocycles. The van der Waals surface area contributed by atoms with Crippen LogP contribution in [0.4, 0.5) is 5.69 Å². The monoisotopic (exact) mass is 487 g/mol. The molecule has 0 saturated heterocycles. The zero-order valence-corrected chi connectivity index (χ0v) is 21.5. The van der Waals surface area contributed by atoms with Crippen LogP contribution in [-0.2, 0) is 5.60 Å². The van der Waals surface area contributed by atoms with E-state index >= 15 is 0 Å². The molecule has 0 aromatic heterocycles. The van der Waals surface area contributed by atoms with E-state index in [0.29, 0.717) is 0 Å². The fourth-order valence-electron chi connectivity index (χ4n) is 4.71. The molecule has 0 unspecified atom stereocenters. The van der Waals surface area contributed by atoms with Gasteiger partial charge in [0.15, 0.2) is 0 Å². The van der Waals surface area contributed by atoms with Crippen LogP contribution in [0.3, 0.4) is 0 Å². The first-order valence-electron chi connectivity index (χ1n) is 12.1. The Hall–Kier alpha value is -3.71. The molecule has 0 saturated carbocycles. The summed E-state index contributed by atoms with van der Waals surface area (Å²) in [6.45, 7) is 0. The summed E-state index contributed by atoms with van der Waals surface area (Å²) in [6, 6.07) is 47.9. The highest BCUT2D eigenvalue weighted by Gasteiger charge is 2.37.